The maximum absolute atomic E-state index is 12.3. The highest BCUT2D eigenvalue weighted by Gasteiger charge is 2.32. The third-order valence-electron chi connectivity index (χ3n) is 2.93. The van der Waals surface area contributed by atoms with Gasteiger partial charge in [0.25, 0.3) is 5.91 Å². The lowest BCUT2D eigenvalue weighted by Gasteiger charge is -2.12. The van der Waals surface area contributed by atoms with E-state index in [0.717, 1.165) is 5.56 Å². The fourth-order valence-electron chi connectivity index (χ4n) is 1.93. The van der Waals surface area contributed by atoms with Gasteiger partial charge in [0.2, 0.25) is 0 Å². The van der Waals surface area contributed by atoms with E-state index in [-0.39, 0.29) is 18.9 Å². The van der Waals surface area contributed by atoms with Crippen molar-refractivity contribution in [2.24, 2.45) is 0 Å². The van der Waals surface area contributed by atoms with Crippen LogP contribution in [0.15, 0.2) is 29.2 Å². The van der Waals surface area contributed by atoms with E-state index in [4.69, 9.17) is 22.1 Å². The highest BCUT2D eigenvalue weighted by atomic mass is 32.2. The zero-order valence-electron chi connectivity index (χ0n) is 11.9. The molecule has 7 heteroatoms. The van der Waals surface area contributed by atoms with E-state index in [1.807, 2.05) is 31.2 Å². The Morgan fingerprint density at radius 2 is 2.18 bits per heavy atom. The Kier molecular flexibility index (Phi) is 5.57. The third kappa shape index (κ3) is 3.86. The van der Waals surface area contributed by atoms with Gasteiger partial charge >= 0.3 is 5.97 Å². The molecule has 1 fully saturated rings. The van der Waals surface area contributed by atoms with Gasteiger partial charge in [0.05, 0.1) is 17.9 Å². The first kappa shape index (κ1) is 16.5. The summed E-state index contributed by atoms with van der Waals surface area (Å²) in [5.41, 5.74) is 0.795. The monoisotopic (exact) mass is 337 g/mol. The quantitative estimate of drug-likeness (QED) is 0.636. The minimum atomic E-state index is -0.959. The van der Waals surface area contributed by atoms with Crippen molar-refractivity contribution < 1.29 is 19.4 Å². The summed E-state index contributed by atoms with van der Waals surface area (Å²) < 4.78 is 5.91. The van der Waals surface area contributed by atoms with Crippen molar-refractivity contribution in [1.29, 1.82) is 0 Å². The van der Waals surface area contributed by atoms with Crippen LogP contribution >= 0.6 is 24.0 Å². The van der Waals surface area contributed by atoms with Crippen molar-refractivity contribution in [1.82, 2.24) is 4.90 Å². The number of carboxylic acid groups (broad SMARTS) is 1. The number of hydrogen-bond donors (Lipinski definition) is 1. The molecular weight excluding hydrogens is 322 g/mol. The van der Waals surface area contributed by atoms with Gasteiger partial charge in [-0.25, -0.2) is 0 Å². The van der Waals surface area contributed by atoms with Crippen LogP contribution in [0.3, 0.4) is 0 Å². The van der Waals surface area contributed by atoms with Gasteiger partial charge in [0, 0.05) is 12.1 Å². The summed E-state index contributed by atoms with van der Waals surface area (Å²) in [7, 11) is 0. The number of ether oxygens (including phenoxy) is 1. The molecule has 1 N–H and O–H groups in total. The Labute approximate surface area is 137 Å². The van der Waals surface area contributed by atoms with Crippen LogP contribution in [0, 0.1) is 0 Å². The van der Waals surface area contributed by atoms with Crippen LogP contribution in [-0.4, -0.2) is 39.4 Å². The molecule has 0 aromatic heterocycles. The number of thiocarbonyl (C=S) groups is 1. The maximum atomic E-state index is 12.3. The minimum Gasteiger partial charge on any atom is -0.493 e. The number of aliphatic carboxylic acids is 1. The number of thioether (sulfide) groups is 1. The standard InChI is InChI=1S/C15H15NO4S2/c1-2-20-11-6-4-3-5-10(11)9-12-14(19)16(15(21)22-12)8-7-13(17)18/h3-6,9H,2,7-8H2,1H3,(H,17,18). The van der Waals surface area contributed by atoms with Crippen molar-refractivity contribution >= 4 is 46.3 Å². The zero-order valence-corrected chi connectivity index (χ0v) is 13.6. The lowest BCUT2D eigenvalue weighted by molar-refractivity contribution is -0.137. The molecule has 0 unspecified atom stereocenters. The molecule has 0 atom stereocenters. The zero-order chi connectivity index (χ0) is 16.1. The second-order valence-corrected chi connectivity index (χ2v) is 6.12. The topological polar surface area (TPSA) is 66.8 Å². The largest absolute Gasteiger partial charge is 0.493 e. The molecule has 0 spiro atoms. The molecule has 2 rings (SSSR count). The lowest BCUT2D eigenvalue weighted by Crippen LogP contribution is -2.30. The number of para-hydroxylation sites is 1. The second-order valence-electron chi connectivity index (χ2n) is 4.45. The predicted octanol–water partition coefficient (Wildman–Crippen LogP) is 2.76. The van der Waals surface area contributed by atoms with Crippen LogP contribution in [0.5, 0.6) is 5.75 Å². The second kappa shape index (κ2) is 7.42. The Hall–Kier alpha value is -1.86. The van der Waals surface area contributed by atoms with Crippen LogP contribution in [0.4, 0.5) is 0 Å². The maximum Gasteiger partial charge on any atom is 0.305 e. The van der Waals surface area contributed by atoms with Gasteiger partial charge < -0.3 is 9.84 Å². The van der Waals surface area contributed by atoms with Gasteiger partial charge in [-0.2, -0.15) is 0 Å². The Morgan fingerprint density at radius 3 is 2.86 bits per heavy atom. The number of rotatable bonds is 6. The first-order valence-corrected chi connectivity index (χ1v) is 7.94. The van der Waals surface area contributed by atoms with Crippen molar-refractivity contribution in [3.8, 4) is 5.75 Å². The molecule has 1 aromatic carbocycles. The molecule has 1 heterocycles. The molecule has 0 aliphatic carbocycles. The van der Waals surface area contributed by atoms with E-state index in [0.29, 0.717) is 21.6 Å². The van der Waals surface area contributed by atoms with Crippen LogP contribution in [0.25, 0.3) is 6.08 Å². The van der Waals surface area contributed by atoms with E-state index in [9.17, 15) is 9.59 Å². The molecule has 1 saturated heterocycles. The van der Waals surface area contributed by atoms with Gasteiger partial charge in [-0.15, -0.1) is 0 Å². The molecule has 1 aliphatic rings. The van der Waals surface area contributed by atoms with E-state index < -0.39 is 5.97 Å². The van der Waals surface area contributed by atoms with Gasteiger partial charge in [-0.05, 0) is 19.1 Å². The number of carboxylic acids is 1. The Bertz CT molecular complexity index is 642. The molecule has 0 radical (unpaired) electrons. The Balaban J connectivity index is 2.21. The average molecular weight is 337 g/mol. The molecule has 5 nitrogen and oxygen atoms in total. The smallest absolute Gasteiger partial charge is 0.305 e. The summed E-state index contributed by atoms with van der Waals surface area (Å²) in [6.07, 6.45) is 1.60. The SMILES string of the molecule is CCOc1ccccc1C=C1SC(=S)N(CCC(=O)O)C1=O. The number of carbonyl (C=O) groups is 2. The molecule has 1 aromatic rings. The Morgan fingerprint density at radius 1 is 1.45 bits per heavy atom. The number of nitrogens with zero attached hydrogens (tertiary/aromatic N) is 1. The van der Waals surface area contributed by atoms with E-state index >= 15 is 0 Å². The van der Waals surface area contributed by atoms with Crippen LogP contribution < -0.4 is 4.74 Å². The third-order valence-corrected chi connectivity index (χ3v) is 4.31. The summed E-state index contributed by atoms with van der Waals surface area (Å²) in [6, 6.07) is 7.41. The van der Waals surface area contributed by atoms with Crippen molar-refractivity contribution in [2.75, 3.05) is 13.2 Å². The summed E-state index contributed by atoms with van der Waals surface area (Å²) in [5.74, 6) is -0.525. The lowest BCUT2D eigenvalue weighted by atomic mass is 10.2. The molecule has 22 heavy (non-hydrogen) atoms. The van der Waals surface area contributed by atoms with E-state index in [2.05, 4.69) is 0 Å². The van der Waals surface area contributed by atoms with Crippen LogP contribution in [-0.2, 0) is 9.59 Å². The first-order chi connectivity index (χ1) is 10.5. The molecule has 116 valence electrons. The van der Waals surface area contributed by atoms with E-state index in [1.165, 1.54) is 16.7 Å². The summed E-state index contributed by atoms with van der Waals surface area (Å²) in [5, 5.41) is 8.72. The average Bonchev–Trinajstić information content (AvgIpc) is 2.73. The van der Waals surface area contributed by atoms with Crippen molar-refractivity contribution in [3.63, 3.8) is 0 Å². The van der Waals surface area contributed by atoms with Gasteiger partial charge in [0.15, 0.2) is 0 Å². The van der Waals surface area contributed by atoms with Gasteiger partial charge in [-0.1, -0.05) is 42.2 Å². The highest BCUT2D eigenvalue weighted by Crippen LogP contribution is 2.34. The summed E-state index contributed by atoms with van der Waals surface area (Å²) >= 11 is 6.33. The molecule has 1 amide bonds. The number of hydrogen-bond acceptors (Lipinski definition) is 5. The summed E-state index contributed by atoms with van der Waals surface area (Å²) in [4.78, 5) is 24.8. The fraction of sp³-hybridized carbons (Fsp3) is 0.267. The van der Waals surface area contributed by atoms with Crippen molar-refractivity contribution in [3.05, 3.63) is 34.7 Å². The summed E-state index contributed by atoms with van der Waals surface area (Å²) in [6.45, 7) is 2.51. The van der Waals surface area contributed by atoms with Crippen LogP contribution in [0.1, 0.15) is 18.9 Å². The number of carbonyl (C=O) groups excluding carboxylic acids is 1. The molecular formula is C15H15NO4S2. The molecule has 0 saturated carbocycles. The number of benzene rings is 1. The molecule has 0 bridgehead atoms. The van der Waals surface area contributed by atoms with Gasteiger partial charge in [0.1, 0.15) is 10.1 Å². The van der Waals surface area contributed by atoms with Crippen LogP contribution in [0.2, 0.25) is 0 Å². The van der Waals surface area contributed by atoms with Crippen molar-refractivity contribution in [2.45, 2.75) is 13.3 Å². The van der Waals surface area contributed by atoms with E-state index in [1.54, 1.807) is 6.08 Å². The predicted molar refractivity (Wildman–Crippen MR) is 89.7 cm³/mol. The molecule has 1 aliphatic heterocycles. The first-order valence-electron chi connectivity index (χ1n) is 6.72. The number of amides is 1. The highest BCUT2D eigenvalue weighted by molar-refractivity contribution is 8.26. The normalized spacial score (nSPS) is 16.4. The minimum absolute atomic E-state index is 0.0877. The van der Waals surface area contributed by atoms with Gasteiger partial charge in [-0.3, -0.25) is 14.5 Å². The fourth-order valence-corrected chi connectivity index (χ4v) is 3.23.